The highest BCUT2D eigenvalue weighted by Crippen LogP contribution is 2.30. The Kier molecular flexibility index (Phi) is 11.4. The molecule has 1 amide bonds. The average Bonchev–Trinajstić information content (AvgIpc) is 3.42. The van der Waals surface area contributed by atoms with Gasteiger partial charge in [0, 0.05) is 30.3 Å². The lowest BCUT2D eigenvalue weighted by molar-refractivity contribution is -0.274. The number of aliphatic hydroxyl groups is 1. The predicted molar refractivity (Wildman–Crippen MR) is 156 cm³/mol. The number of amides is 1. The van der Waals surface area contributed by atoms with Gasteiger partial charge in [0.2, 0.25) is 5.88 Å². The van der Waals surface area contributed by atoms with Gasteiger partial charge in [-0.05, 0) is 54.4 Å². The summed E-state index contributed by atoms with van der Waals surface area (Å²) in [6.07, 6.45) is -4.18. The first-order chi connectivity index (χ1) is 21.8. The van der Waals surface area contributed by atoms with Crippen molar-refractivity contribution in [2.45, 2.75) is 55.8 Å². The molecule has 0 radical (unpaired) electrons. The van der Waals surface area contributed by atoms with Gasteiger partial charge in [0.05, 0.1) is 42.1 Å². The van der Waals surface area contributed by atoms with Gasteiger partial charge >= 0.3 is 13.0 Å². The van der Waals surface area contributed by atoms with E-state index in [9.17, 15) is 40.3 Å². The lowest BCUT2D eigenvalue weighted by atomic mass is 10.0. The van der Waals surface area contributed by atoms with Gasteiger partial charge in [-0.15, -0.1) is 13.2 Å². The van der Waals surface area contributed by atoms with Gasteiger partial charge in [-0.3, -0.25) is 4.79 Å². The number of hydrogen-bond donors (Lipinski definition) is 2. The van der Waals surface area contributed by atoms with Crippen molar-refractivity contribution in [3.05, 3.63) is 78.0 Å². The molecule has 1 saturated heterocycles. The largest absolute Gasteiger partial charge is 0.573 e. The maximum atomic E-state index is 13.1. The van der Waals surface area contributed by atoms with Crippen LogP contribution in [-0.2, 0) is 14.6 Å². The molecule has 1 aliphatic heterocycles. The van der Waals surface area contributed by atoms with E-state index in [1.54, 1.807) is 29.2 Å². The zero-order valence-electron chi connectivity index (χ0n) is 24.5. The first-order valence-electron chi connectivity index (χ1n) is 14.2. The molecule has 2 aromatic carbocycles. The van der Waals surface area contributed by atoms with Gasteiger partial charge in [0.1, 0.15) is 11.9 Å². The maximum Gasteiger partial charge on any atom is 0.573 e. The number of ether oxygens (including phenoxy) is 3. The van der Waals surface area contributed by atoms with Gasteiger partial charge in [0.15, 0.2) is 9.84 Å². The van der Waals surface area contributed by atoms with Crippen molar-refractivity contribution in [2.75, 3.05) is 30.4 Å². The van der Waals surface area contributed by atoms with Crippen molar-refractivity contribution < 1.29 is 54.5 Å². The molecule has 0 aliphatic carbocycles. The number of rotatable bonds is 14. The maximum absolute atomic E-state index is 13.1. The first-order valence-corrected chi connectivity index (χ1v) is 15.8. The SMILES string of the molecule is CCS(=O)(=O)c1ccc([C@H](CCO)NC(=O)c2ccc(N3C[C@@H](Oc4ccc(OC(F)(F)F)cn4)C[C@H]3COC(F)F)cc2)cc1. The van der Waals surface area contributed by atoms with E-state index in [2.05, 4.69) is 19.8 Å². The smallest absolute Gasteiger partial charge is 0.472 e. The van der Waals surface area contributed by atoms with E-state index >= 15 is 0 Å². The Morgan fingerprint density at radius 2 is 1.78 bits per heavy atom. The molecule has 1 aliphatic rings. The molecule has 3 atom stereocenters. The van der Waals surface area contributed by atoms with Gasteiger partial charge in [-0.1, -0.05) is 19.1 Å². The number of anilines is 1. The molecule has 0 spiro atoms. The average molecular weight is 674 g/mol. The highest BCUT2D eigenvalue weighted by molar-refractivity contribution is 7.91. The molecule has 1 aromatic heterocycles. The Hall–Kier alpha value is -4.02. The van der Waals surface area contributed by atoms with Crippen LogP contribution < -0.4 is 19.7 Å². The molecule has 0 saturated carbocycles. The van der Waals surface area contributed by atoms with Gasteiger partial charge in [-0.2, -0.15) is 8.78 Å². The number of hydrogen-bond acceptors (Lipinski definition) is 9. The summed E-state index contributed by atoms with van der Waals surface area (Å²) in [5, 5.41) is 12.4. The van der Waals surface area contributed by atoms with Crippen molar-refractivity contribution >= 4 is 21.4 Å². The number of aliphatic hydroxyl groups excluding tert-OH is 1. The summed E-state index contributed by atoms with van der Waals surface area (Å²) in [4.78, 5) is 18.8. The van der Waals surface area contributed by atoms with E-state index in [1.165, 1.54) is 37.3 Å². The van der Waals surface area contributed by atoms with Crippen molar-refractivity contribution in [1.82, 2.24) is 10.3 Å². The second kappa shape index (κ2) is 15.0. The van der Waals surface area contributed by atoms with E-state index < -0.39 is 52.7 Å². The molecular formula is C30H32F5N3O7S. The number of carbonyl (C=O) groups is 1. The van der Waals surface area contributed by atoms with Crippen molar-refractivity contribution in [1.29, 1.82) is 0 Å². The Labute approximate surface area is 262 Å². The zero-order valence-corrected chi connectivity index (χ0v) is 25.3. The molecule has 2 N–H and O–H groups in total. The summed E-state index contributed by atoms with van der Waals surface area (Å²) in [6.45, 7) is -1.84. The van der Waals surface area contributed by atoms with Crippen molar-refractivity contribution in [2.24, 2.45) is 0 Å². The van der Waals surface area contributed by atoms with Crippen molar-refractivity contribution in [3.8, 4) is 11.6 Å². The van der Waals surface area contributed by atoms with E-state index in [0.717, 1.165) is 12.3 Å². The molecule has 0 unspecified atom stereocenters. The molecule has 16 heteroatoms. The highest BCUT2D eigenvalue weighted by atomic mass is 32.2. The van der Waals surface area contributed by atoms with Crippen LogP contribution in [0.5, 0.6) is 11.6 Å². The Morgan fingerprint density at radius 1 is 1.09 bits per heavy atom. The molecule has 0 bridgehead atoms. The lowest BCUT2D eigenvalue weighted by Gasteiger charge is -2.26. The zero-order chi connectivity index (χ0) is 33.5. The summed E-state index contributed by atoms with van der Waals surface area (Å²) in [6, 6.07) is 13.5. The second-order valence-corrected chi connectivity index (χ2v) is 12.6. The predicted octanol–water partition coefficient (Wildman–Crippen LogP) is 4.89. The highest BCUT2D eigenvalue weighted by Gasteiger charge is 2.35. The van der Waals surface area contributed by atoms with Crippen LogP contribution in [0.3, 0.4) is 0 Å². The second-order valence-electron chi connectivity index (χ2n) is 10.3. The fourth-order valence-corrected chi connectivity index (χ4v) is 5.87. The van der Waals surface area contributed by atoms with Gasteiger partial charge in [-0.25, -0.2) is 13.4 Å². The van der Waals surface area contributed by atoms with E-state index in [4.69, 9.17) is 4.74 Å². The Bertz CT molecular complexity index is 1540. The number of aromatic nitrogens is 1. The molecular weight excluding hydrogens is 641 g/mol. The number of carbonyl (C=O) groups excluding carboxylic acids is 1. The van der Waals surface area contributed by atoms with Crippen LogP contribution in [0.15, 0.2) is 71.8 Å². The standard InChI is InChI=1S/C30H32F5N3O7S/c1-2-46(41,42)25-10-5-19(6-11-25)26(13-14-39)37-28(40)20-3-7-21(8-4-20)38-17-24(15-22(38)18-43-29(31)32)44-27-12-9-23(16-36-27)45-30(33,34)35/h3-12,16,22,24,26,29,39H,2,13-15,17-18H2,1H3,(H,37,40)/t22-,24-,26-/m0/s1. The summed E-state index contributed by atoms with van der Waals surface area (Å²) in [7, 11) is -3.40. The molecule has 1 fully saturated rings. The van der Waals surface area contributed by atoms with E-state index in [1.807, 2.05) is 0 Å². The Balaban J connectivity index is 1.44. The number of alkyl halides is 5. The van der Waals surface area contributed by atoms with E-state index in [-0.39, 0.29) is 54.7 Å². The quantitative estimate of drug-likeness (QED) is 0.230. The first kappa shape index (κ1) is 34.8. The third kappa shape index (κ3) is 9.50. The van der Waals surface area contributed by atoms with Crippen LogP contribution in [0.2, 0.25) is 0 Å². The van der Waals surface area contributed by atoms with Crippen molar-refractivity contribution in [3.63, 3.8) is 0 Å². The minimum atomic E-state index is -4.88. The van der Waals surface area contributed by atoms with Crippen LogP contribution in [0.4, 0.5) is 27.6 Å². The summed E-state index contributed by atoms with van der Waals surface area (Å²) in [5.74, 6) is -1.02. The molecule has 46 heavy (non-hydrogen) atoms. The van der Waals surface area contributed by atoms with Gasteiger partial charge < -0.3 is 29.5 Å². The summed E-state index contributed by atoms with van der Waals surface area (Å²) < 4.78 is 101. The van der Waals surface area contributed by atoms with Crippen LogP contribution in [-0.4, -0.2) is 75.0 Å². The summed E-state index contributed by atoms with van der Waals surface area (Å²) >= 11 is 0. The number of benzene rings is 2. The number of halogens is 5. The molecule has 250 valence electrons. The van der Waals surface area contributed by atoms with Crippen LogP contribution in [0.25, 0.3) is 0 Å². The molecule has 10 nitrogen and oxygen atoms in total. The fraction of sp³-hybridized carbons (Fsp3) is 0.400. The minimum Gasteiger partial charge on any atom is -0.472 e. The third-order valence-corrected chi connectivity index (χ3v) is 8.98. The normalized spacial score (nSPS) is 17.6. The van der Waals surface area contributed by atoms with Crippen LogP contribution in [0.1, 0.15) is 41.7 Å². The summed E-state index contributed by atoms with van der Waals surface area (Å²) in [5.41, 5.74) is 1.46. The van der Waals surface area contributed by atoms with Crippen LogP contribution >= 0.6 is 0 Å². The number of pyridine rings is 1. The number of nitrogens with zero attached hydrogens (tertiary/aromatic N) is 2. The number of sulfone groups is 1. The minimum absolute atomic E-state index is 0.0148. The monoisotopic (exact) mass is 673 g/mol. The molecule has 4 rings (SSSR count). The third-order valence-electron chi connectivity index (χ3n) is 7.23. The topological polar surface area (TPSA) is 127 Å². The fourth-order valence-electron chi connectivity index (χ4n) is 4.99. The Morgan fingerprint density at radius 3 is 2.35 bits per heavy atom. The molecule has 3 aromatic rings. The van der Waals surface area contributed by atoms with Crippen LogP contribution in [0, 0.1) is 0 Å². The number of nitrogens with one attached hydrogen (secondary N) is 1. The lowest BCUT2D eigenvalue weighted by Crippen LogP contribution is -2.34. The molecule has 2 heterocycles. The van der Waals surface area contributed by atoms with Gasteiger partial charge in [0.25, 0.3) is 5.91 Å². The van der Waals surface area contributed by atoms with E-state index in [0.29, 0.717) is 11.3 Å².